The largest absolute Gasteiger partial charge is 0.257 e. The summed E-state index contributed by atoms with van der Waals surface area (Å²) in [5.41, 5.74) is 0. The molecule has 0 bridgehead atoms. The summed E-state index contributed by atoms with van der Waals surface area (Å²) in [7, 11) is 0. The molecule has 236 valence electrons. The van der Waals surface area contributed by atoms with E-state index in [0.717, 1.165) is 0 Å². The Morgan fingerprint density at radius 1 is 0.475 bits per heavy atom. The van der Waals surface area contributed by atoms with Gasteiger partial charge in [-0.2, -0.15) is 0 Å². The highest BCUT2D eigenvalue weighted by Crippen LogP contribution is 2.27. The Morgan fingerprint density at radius 3 is 1.18 bits per heavy atom. The molecule has 0 saturated heterocycles. The molecular formula is C38H75N2+. The molecule has 0 amide bonds. The van der Waals surface area contributed by atoms with Crippen LogP contribution in [0.4, 0.5) is 0 Å². The normalized spacial score (nSPS) is 12.5. The first kappa shape index (κ1) is 37.2. The van der Waals surface area contributed by atoms with Crippen LogP contribution in [0, 0.1) is 0 Å². The van der Waals surface area contributed by atoms with Crippen LogP contribution in [-0.4, -0.2) is 4.98 Å². The molecule has 0 spiro atoms. The Hall–Kier alpha value is -0.790. The van der Waals surface area contributed by atoms with Gasteiger partial charge in [-0.25, -0.2) is 9.55 Å². The molecule has 1 aromatic rings. The third-order valence-corrected chi connectivity index (χ3v) is 9.39. The molecule has 0 fully saturated rings. The number of unbranched alkanes of at least 4 members (excludes halogenated alkanes) is 23. The Labute approximate surface area is 253 Å². The van der Waals surface area contributed by atoms with Crippen molar-refractivity contribution in [2.24, 2.45) is 0 Å². The predicted molar refractivity (Wildman–Crippen MR) is 179 cm³/mol. The molecule has 0 radical (unpaired) electrons. The molecule has 1 heterocycles. The van der Waals surface area contributed by atoms with Gasteiger partial charge < -0.3 is 0 Å². The van der Waals surface area contributed by atoms with Gasteiger partial charge in [-0.05, 0) is 32.6 Å². The van der Waals surface area contributed by atoms with Crippen molar-refractivity contribution in [1.29, 1.82) is 0 Å². The summed E-state index contributed by atoms with van der Waals surface area (Å²) in [6, 6.07) is 0.620. The molecule has 2 heteroatoms. The van der Waals surface area contributed by atoms with Gasteiger partial charge in [0.15, 0.2) is 0 Å². The highest BCUT2D eigenvalue weighted by molar-refractivity contribution is 4.90. The van der Waals surface area contributed by atoms with E-state index in [2.05, 4.69) is 49.6 Å². The van der Waals surface area contributed by atoms with Crippen molar-refractivity contribution < 1.29 is 4.57 Å². The minimum Gasteiger partial charge on any atom is -0.247 e. The maximum atomic E-state index is 3.74. The van der Waals surface area contributed by atoms with E-state index in [4.69, 9.17) is 0 Å². The van der Waals surface area contributed by atoms with Crippen molar-refractivity contribution >= 4 is 0 Å². The van der Waals surface area contributed by atoms with Gasteiger partial charge in [-0.3, -0.25) is 0 Å². The molecule has 1 aromatic heterocycles. The van der Waals surface area contributed by atoms with Crippen LogP contribution >= 0.6 is 0 Å². The summed E-state index contributed by atoms with van der Waals surface area (Å²) in [5.74, 6) is 2.25. The molecule has 2 nitrogen and oxygen atoms in total. The first-order valence-corrected chi connectivity index (χ1v) is 18.8. The van der Waals surface area contributed by atoms with Crippen molar-refractivity contribution in [3.63, 3.8) is 0 Å². The van der Waals surface area contributed by atoms with E-state index in [9.17, 15) is 0 Å². The monoisotopic (exact) mass is 560 g/mol. The molecule has 0 saturated carbocycles. The van der Waals surface area contributed by atoms with Crippen LogP contribution < -0.4 is 4.57 Å². The number of hydrogen-bond acceptors (Lipinski definition) is 0. The number of aromatic amines is 1. The van der Waals surface area contributed by atoms with Gasteiger partial charge >= 0.3 is 0 Å². The van der Waals surface area contributed by atoms with Crippen molar-refractivity contribution in [2.75, 3.05) is 0 Å². The van der Waals surface area contributed by atoms with E-state index in [1.807, 2.05) is 0 Å². The second-order valence-corrected chi connectivity index (χ2v) is 13.3. The quantitative estimate of drug-likeness (QED) is 0.0689. The third kappa shape index (κ3) is 20.1. The fraction of sp³-hybridized carbons (Fsp3) is 0.921. The van der Waals surface area contributed by atoms with E-state index in [0.29, 0.717) is 12.0 Å². The lowest BCUT2D eigenvalue weighted by atomic mass is 9.92. The Morgan fingerprint density at radius 2 is 0.800 bits per heavy atom. The summed E-state index contributed by atoms with van der Waals surface area (Å²) in [6.07, 6.45) is 45.7. The van der Waals surface area contributed by atoms with Crippen LogP contribution in [0.3, 0.4) is 0 Å². The molecule has 1 N–H and O–H groups in total. The molecule has 1 unspecified atom stereocenters. The summed E-state index contributed by atoms with van der Waals surface area (Å²) in [5, 5.41) is 0. The maximum absolute atomic E-state index is 3.74. The molecule has 40 heavy (non-hydrogen) atoms. The van der Waals surface area contributed by atoms with Crippen LogP contribution in [0.25, 0.3) is 0 Å². The van der Waals surface area contributed by atoms with E-state index in [-0.39, 0.29) is 0 Å². The van der Waals surface area contributed by atoms with Crippen LogP contribution in [-0.2, 0) is 0 Å². The second kappa shape index (κ2) is 28.3. The summed E-state index contributed by atoms with van der Waals surface area (Å²) >= 11 is 0. The number of aromatic nitrogens is 2. The van der Waals surface area contributed by atoms with Crippen molar-refractivity contribution in [2.45, 2.75) is 226 Å². The fourth-order valence-electron chi connectivity index (χ4n) is 6.60. The van der Waals surface area contributed by atoms with Crippen molar-refractivity contribution in [1.82, 2.24) is 4.98 Å². The van der Waals surface area contributed by atoms with Gasteiger partial charge in [-0.1, -0.05) is 181 Å². The zero-order valence-electron chi connectivity index (χ0n) is 28.3. The van der Waals surface area contributed by atoms with Gasteiger partial charge in [0.25, 0.3) is 5.82 Å². The molecule has 0 aliphatic carbocycles. The van der Waals surface area contributed by atoms with E-state index in [1.54, 1.807) is 0 Å². The fourth-order valence-corrected chi connectivity index (χ4v) is 6.60. The van der Waals surface area contributed by atoms with Crippen molar-refractivity contribution in [3.05, 3.63) is 18.2 Å². The molecule has 0 aromatic carbocycles. The average molecular weight is 560 g/mol. The molecule has 0 aliphatic heterocycles. The molecule has 0 aliphatic rings. The Balaban J connectivity index is 2.44. The molecule has 1 atom stereocenters. The standard InChI is InChI=1S/C38H74N2/c1-5-8-11-14-17-20-21-22-25-28-31-36(4)40-35-34-39-38(40)37(32-29-26-23-18-15-12-9-6-2)33-30-27-24-19-16-13-10-7-3/h34-37H,5-33H2,1-4H3/p+1. The number of hydrogen-bond donors (Lipinski definition) is 1. The van der Waals surface area contributed by atoms with Gasteiger partial charge in [0.05, 0.1) is 12.0 Å². The zero-order chi connectivity index (χ0) is 28.9. The second-order valence-electron chi connectivity index (χ2n) is 13.3. The minimum absolute atomic E-state index is 0.620. The first-order valence-electron chi connectivity index (χ1n) is 18.8. The summed E-state index contributed by atoms with van der Waals surface area (Å²) in [4.78, 5) is 3.74. The zero-order valence-corrected chi connectivity index (χ0v) is 28.3. The van der Waals surface area contributed by atoms with Crippen LogP contribution in [0.1, 0.15) is 232 Å². The highest BCUT2D eigenvalue weighted by Gasteiger charge is 2.25. The van der Waals surface area contributed by atoms with E-state index >= 15 is 0 Å². The number of nitrogens with one attached hydrogen (secondary N) is 1. The number of imidazole rings is 1. The molecular weight excluding hydrogens is 484 g/mol. The molecule has 1 rings (SSSR count). The lowest BCUT2D eigenvalue weighted by Crippen LogP contribution is -2.41. The number of nitrogens with zero attached hydrogens (tertiary/aromatic N) is 1. The maximum Gasteiger partial charge on any atom is 0.257 e. The number of H-pyrrole nitrogens is 1. The number of rotatable bonds is 31. The lowest BCUT2D eigenvalue weighted by Gasteiger charge is -2.17. The minimum atomic E-state index is 0.620. The van der Waals surface area contributed by atoms with Crippen LogP contribution in [0.2, 0.25) is 0 Å². The first-order chi connectivity index (χ1) is 19.7. The topological polar surface area (TPSA) is 19.7 Å². The smallest absolute Gasteiger partial charge is 0.247 e. The van der Waals surface area contributed by atoms with Gasteiger partial charge in [0, 0.05) is 0 Å². The SMILES string of the molecule is CCCCCCCCCCCCC(C)[n+]1cc[nH]c1C(CCCCCCCCCC)CCCCCCCCCC. The van der Waals surface area contributed by atoms with Gasteiger partial charge in [0.2, 0.25) is 0 Å². The lowest BCUT2D eigenvalue weighted by molar-refractivity contribution is -0.727. The third-order valence-electron chi connectivity index (χ3n) is 9.39. The average Bonchev–Trinajstić information content (AvgIpc) is 3.45. The van der Waals surface area contributed by atoms with Crippen LogP contribution in [0.15, 0.2) is 12.4 Å². The van der Waals surface area contributed by atoms with Gasteiger partial charge in [0.1, 0.15) is 12.4 Å². The Bertz CT molecular complexity index is 601. The van der Waals surface area contributed by atoms with Crippen LogP contribution in [0.5, 0.6) is 0 Å². The summed E-state index contributed by atoms with van der Waals surface area (Å²) < 4.78 is 2.63. The predicted octanol–water partition coefficient (Wildman–Crippen LogP) is 13.3. The highest BCUT2D eigenvalue weighted by atomic mass is 15.1. The van der Waals surface area contributed by atoms with E-state index in [1.165, 1.54) is 192 Å². The Kier molecular flexibility index (Phi) is 26.4. The van der Waals surface area contributed by atoms with Crippen molar-refractivity contribution in [3.8, 4) is 0 Å². The van der Waals surface area contributed by atoms with Gasteiger partial charge in [-0.15, -0.1) is 0 Å². The summed E-state index contributed by atoms with van der Waals surface area (Å²) in [6.45, 7) is 9.41. The van der Waals surface area contributed by atoms with E-state index < -0.39 is 0 Å².